The van der Waals surface area contributed by atoms with E-state index in [1.165, 1.54) is 11.1 Å². The number of hydrogen-bond donors (Lipinski definition) is 1. The average Bonchev–Trinajstić information content (AvgIpc) is 2.72. The third kappa shape index (κ3) is 4.01. The average molecular weight is 313 g/mol. The highest BCUT2D eigenvalue weighted by atomic mass is 16.1. The Kier molecular flexibility index (Phi) is 4.93. The maximum Gasteiger partial charge on any atom is 0.251 e. The van der Waals surface area contributed by atoms with E-state index in [1.807, 2.05) is 42.9 Å². The predicted octanol–water partition coefficient (Wildman–Crippen LogP) is 3.31. The van der Waals surface area contributed by atoms with Crippen molar-refractivity contribution in [3.63, 3.8) is 0 Å². The number of aromatic nitrogens is 2. The van der Waals surface area contributed by atoms with E-state index in [1.54, 1.807) is 0 Å². The summed E-state index contributed by atoms with van der Waals surface area (Å²) >= 11 is 0. The van der Waals surface area contributed by atoms with Gasteiger partial charge in [-0.1, -0.05) is 32.9 Å². The molecule has 2 aromatic rings. The summed E-state index contributed by atoms with van der Waals surface area (Å²) in [5.41, 5.74) is 5.45. The fourth-order valence-electron chi connectivity index (χ4n) is 2.70. The van der Waals surface area contributed by atoms with Crippen molar-refractivity contribution in [2.75, 3.05) is 6.54 Å². The third-order valence-corrected chi connectivity index (χ3v) is 4.33. The van der Waals surface area contributed by atoms with Crippen LogP contribution in [0.1, 0.15) is 53.6 Å². The summed E-state index contributed by atoms with van der Waals surface area (Å²) in [6, 6.07) is 7.86. The van der Waals surface area contributed by atoms with E-state index in [4.69, 9.17) is 0 Å². The van der Waals surface area contributed by atoms with Crippen LogP contribution in [0.25, 0.3) is 0 Å². The Labute approximate surface area is 138 Å². The lowest BCUT2D eigenvalue weighted by molar-refractivity contribution is 0.0954. The highest BCUT2D eigenvalue weighted by molar-refractivity contribution is 5.94. The van der Waals surface area contributed by atoms with Crippen LogP contribution in [0.3, 0.4) is 0 Å². The summed E-state index contributed by atoms with van der Waals surface area (Å²) in [5, 5.41) is 7.40. The molecule has 0 atom stereocenters. The number of rotatable bonds is 4. The lowest BCUT2D eigenvalue weighted by Crippen LogP contribution is -2.26. The van der Waals surface area contributed by atoms with Crippen LogP contribution in [-0.4, -0.2) is 22.2 Å². The zero-order chi connectivity index (χ0) is 17.2. The molecule has 124 valence electrons. The summed E-state index contributed by atoms with van der Waals surface area (Å²) in [5.74, 6) is -0.0235. The van der Waals surface area contributed by atoms with Gasteiger partial charge in [-0.2, -0.15) is 5.10 Å². The molecule has 0 aliphatic heterocycles. The molecule has 0 fully saturated rings. The summed E-state index contributed by atoms with van der Waals surface area (Å²) in [7, 11) is 1.95. The van der Waals surface area contributed by atoms with Gasteiger partial charge in [0.1, 0.15) is 0 Å². The van der Waals surface area contributed by atoms with Gasteiger partial charge in [-0.3, -0.25) is 9.48 Å². The second kappa shape index (κ2) is 6.57. The number of nitrogens with zero attached hydrogens (tertiary/aromatic N) is 2. The minimum Gasteiger partial charge on any atom is -0.352 e. The first-order chi connectivity index (χ1) is 10.7. The van der Waals surface area contributed by atoms with Crippen molar-refractivity contribution in [1.29, 1.82) is 0 Å². The molecule has 0 radical (unpaired) electrons. The molecule has 0 bridgehead atoms. The minimum atomic E-state index is -0.0235. The number of hydrogen-bond acceptors (Lipinski definition) is 2. The van der Waals surface area contributed by atoms with E-state index in [0.29, 0.717) is 12.1 Å². The van der Waals surface area contributed by atoms with Gasteiger partial charge >= 0.3 is 0 Å². The molecule has 1 amide bonds. The van der Waals surface area contributed by atoms with E-state index in [0.717, 1.165) is 17.8 Å². The Balaban J connectivity index is 1.95. The molecule has 23 heavy (non-hydrogen) atoms. The van der Waals surface area contributed by atoms with Crippen molar-refractivity contribution >= 4 is 5.91 Å². The van der Waals surface area contributed by atoms with Crippen molar-refractivity contribution in [1.82, 2.24) is 15.1 Å². The van der Waals surface area contributed by atoms with Crippen LogP contribution >= 0.6 is 0 Å². The van der Waals surface area contributed by atoms with Gasteiger partial charge in [-0.05, 0) is 48.9 Å². The van der Waals surface area contributed by atoms with E-state index in [-0.39, 0.29) is 11.3 Å². The van der Waals surface area contributed by atoms with Crippen LogP contribution in [0.15, 0.2) is 24.3 Å². The molecule has 1 N–H and O–H groups in total. The molecule has 4 nitrogen and oxygen atoms in total. The van der Waals surface area contributed by atoms with Crippen molar-refractivity contribution < 1.29 is 4.79 Å². The largest absolute Gasteiger partial charge is 0.352 e. The van der Waals surface area contributed by atoms with Gasteiger partial charge < -0.3 is 5.32 Å². The summed E-state index contributed by atoms with van der Waals surface area (Å²) in [4.78, 5) is 12.2. The second-order valence-electron chi connectivity index (χ2n) is 7.11. The molecular formula is C19H27N3O. The van der Waals surface area contributed by atoms with Gasteiger partial charge in [0.2, 0.25) is 0 Å². The topological polar surface area (TPSA) is 46.9 Å². The summed E-state index contributed by atoms with van der Waals surface area (Å²) < 4.78 is 1.89. The molecule has 1 aromatic carbocycles. The van der Waals surface area contributed by atoms with Gasteiger partial charge in [0.05, 0.1) is 5.69 Å². The number of carbonyl (C=O) groups is 1. The van der Waals surface area contributed by atoms with Crippen LogP contribution in [0, 0.1) is 13.8 Å². The van der Waals surface area contributed by atoms with Crippen LogP contribution in [0.2, 0.25) is 0 Å². The van der Waals surface area contributed by atoms with E-state index < -0.39 is 0 Å². The van der Waals surface area contributed by atoms with Crippen LogP contribution < -0.4 is 5.32 Å². The first-order valence-corrected chi connectivity index (χ1v) is 8.08. The number of benzene rings is 1. The van der Waals surface area contributed by atoms with Crippen LogP contribution in [0.4, 0.5) is 0 Å². The molecule has 0 saturated heterocycles. The van der Waals surface area contributed by atoms with Gasteiger partial charge in [-0.15, -0.1) is 0 Å². The number of aryl methyl sites for hydroxylation is 2. The van der Waals surface area contributed by atoms with E-state index >= 15 is 0 Å². The lowest BCUT2D eigenvalue weighted by atomic mass is 9.87. The number of amides is 1. The highest BCUT2D eigenvalue weighted by Gasteiger charge is 2.14. The van der Waals surface area contributed by atoms with Gasteiger partial charge in [0.25, 0.3) is 5.91 Å². The number of nitrogens with one attached hydrogen (secondary N) is 1. The monoisotopic (exact) mass is 313 g/mol. The SMILES string of the molecule is Cc1nn(C)c(C)c1CCNC(=O)c1ccc(C(C)(C)C)cc1. The fraction of sp³-hybridized carbons (Fsp3) is 0.474. The first-order valence-electron chi connectivity index (χ1n) is 8.08. The van der Waals surface area contributed by atoms with Crippen molar-refractivity contribution in [2.45, 2.75) is 46.5 Å². The van der Waals surface area contributed by atoms with Gasteiger partial charge in [-0.25, -0.2) is 0 Å². The summed E-state index contributed by atoms with van der Waals surface area (Å²) in [6.45, 7) is 11.2. The fourth-order valence-corrected chi connectivity index (χ4v) is 2.70. The Hall–Kier alpha value is -2.10. The molecule has 4 heteroatoms. The smallest absolute Gasteiger partial charge is 0.251 e. The third-order valence-electron chi connectivity index (χ3n) is 4.33. The Morgan fingerprint density at radius 2 is 1.78 bits per heavy atom. The quantitative estimate of drug-likeness (QED) is 0.941. The molecule has 0 unspecified atom stereocenters. The van der Waals surface area contributed by atoms with Crippen molar-refractivity contribution in [3.05, 3.63) is 52.3 Å². The van der Waals surface area contributed by atoms with Gasteiger partial charge in [0, 0.05) is 24.8 Å². The van der Waals surface area contributed by atoms with E-state index in [2.05, 4.69) is 38.1 Å². The highest BCUT2D eigenvalue weighted by Crippen LogP contribution is 2.22. The summed E-state index contributed by atoms with van der Waals surface area (Å²) in [6.07, 6.45) is 0.803. The first kappa shape index (κ1) is 17.3. The van der Waals surface area contributed by atoms with Crippen molar-refractivity contribution in [3.8, 4) is 0 Å². The predicted molar refractivity (Wildman–Crippen MR) is 93.9 cm³/mol. The zero-order valence-electron chi connectivity index (χ0n) is 15.0. The van der Waals surface area contributed by atoms with E-state index in [9.17, 15) is 4.79 Å². The standard InChI is InChI=1S/C19H27N3O/c1-13-17(14(2)22(6)21-13)11-12-20-18(23)15-7-9-16(10-8-15)19(3,4)5/h7-10H,11-12H2,1-6H3,(H,20,23). The molecule has 0 saturated carbocycles. The molecular weight excluding hydrogens is 286 g/mol. The molecule has 1 aromatic heterocycles. The van der Waals surface area contributed by atoms with Crippen LogP contribution in [0.5, 0.6) is 0 Å². The van der Waals surface area contributed by atoms with Crippen molar-refractivity contribution in [2.24, 2.45) is 7.05 Å². The Morgan fingerprint density at radius 1 is 1.17 bits per heavy atom. The van der Waals surface area contributed by atoms with Gasteiger partial charge in [0.15, 0.2) is 0 Å². The number of carbonyl (C=O) groups excluding carboxylic acids is 1. The molecule has 0 aliphatic rings. The second-order valence-corrected chi connectivity index (χ2v) is 7.11. The molecule has 1 heterocycles. The molecule has 2 rings (SSSR count). The molecule has 0 aliphatic carbocycles. The Bertz CT molecular complexity index is 691. The maximum absolute atomic E-state index is 12.2. The minimum absolute atomic E-state index is 0.0235. The normalized spacial score (nSPS) is 11.6. The maximum atomic E-state index is 12.2. The zero-order valence-corrected chi connectivity index (χ0v) is 15.0. The lowest BCUT2D eigenvalue weighted by Gasteiger charge is -2.19. The Morgan fingerprint density at radius 3 is 2.26 bits per heavy atom. The molecule has 0 spiro atoms. The van der Waals surface area contributed by atoms with Crippen LogP contribution in [-0.2, 0) is 18.9 Å².